The van der Waals surface area contributed by atoms with E-state index >= 15 is 0 Å². The van der Waals surface area contributed by atoms with Gasteiger partial charge in [-0.3, -0.25) is 4.79 Å². The van der Waals surface area contributed by atoms with Gasteiger partial charge in [0.1, 0.15) is 5.00 Å². The van der Waals surface area contributed by atoms with E-state index in [1.807, 2.05) is 0 Å². The largest absolute Gasteiger partial charge is 0.462 e. The number of nitrogens with zero attached hydrogens (tertiary/aromatic N) is 1. The molecule has 3 aromatic rings. The fourth-order valence-corrected chi connectivity index (χ4v) is 4.40. The Hall–Kier alpha value is -3.49. The number of benzene rings is 2. The minimum atomic E-state index is -1.94. The molecule has 3 rings (SSSR count). The van der Waals surface area contributed by atoms with Gasteiger partial charge in [0.05, 0.1) is 22.8 Å². The number of nitrogens with two attached hydrogens (primary N) is 1. The van der Waals surface area contributed by atoms with Crippen molar-refractivity contribution in [3.63, 3.8) is 0 Å². The second kappa shape index (κ2) is 9.76. The zero-order chi connectivity index (χ0) is 23.3. The number of thiophene rings is 1. The number of carbonyl (C=O) groups excluding carboxylic acids is 2. The second-order valence-electron chi connectivity index (χ2n) is 7.10. The zero-order valence-corrected chi connectivity index (χ0v) is 18.9. The van der Waals surface area contributed by atoms with Crippen LogP contribution in [-0.4, -0.2) is 29.3 Å². The molecule has 0 atom stereocenters. The molecule has 0 aliphatic carbocycles. The molecule has 8 heteroatoms. The average molecular weight is 452 g/mol. The number of rotatable bonds is 7. The molecule has 1 aromatic heterocycles. The maximum Gasteiger partial charge on any atom is 0.341 e. The van der Waals surface area contributed by atoms with Crippen LogP contribution >= 0.6 is 11.3 Å². The first-order valence-electron chi connectivity index (χ1n) is 10.0. The van der Waals surface area contributed by atoms with Gasteiger partial charge in [-0.25, -0.2) is 10.2 Å². The van der Waals surface area contributed by atoms with Crippen molar-refractivity contribution in [1.82, 2.24) is 5.43 Å². The molecule has 2 aromatic carbocycles. The molecule has 0 radical (unpaired) electrons. The van der Waals surface area contributed by atoms with E-state index in [2.05, 4.69) is 10.5 Å². The van der Waals surface area contributed by atoms with E-state index in [-0.39, 0.29) is 6.61 Å². The summed E-state index contributed by atoms with van der Waals surface area (Å²) in [6, 6.07) is 17.3. The molecule has 7 nitrogen and oxygen atoms in total. The molecule has 0 saturated heterocycles. The maximum atomic E-state index is 13.2. The number of nitrogens with one attached hydrogen (secondary N) is 1. The van der Waals surface area contributed by atoms with Crippen LogP contribution in [0.5, 0.6) is 0 Å². The Labute approximate surface area is 190 Å². The normalized spacial score (nSPS) is 11.8. The predicted molar refractivity (Wildman–Crippen MR) is 126 cm³/mol. The zero-order valence-electron chi connectivity index (χ0n) is 18.1. The van der Waals surface area contributed by atoms with Crippen LogP contribution in [0.25, 0.3) is 0 Å². The summed E-state index contributed by atoms with van der Waals surface area (Å²) in [4.78, 5) is 26.0. The Morgan fingerprint density at radius 1 is 1.09 bits per heavy atom. The third kappa shape index (κ3) is 4.42. The standard InChI is InChI=1S/C24H25N3O4S/c1-4-31-22(28)19-15(2)20(32-21(19)25)16(3)26-27-23(29)24(30,17-11-7-5-8-12-17)18-13-9-6-10-14-18/h5-14,30H,4,25H2,1-3H3,(H,27,29). The lowest BCUT2D eigenvalue weighted by molar-refractivity contribution is -0.136. The summed E-state index contributed by atoms with van der Waals surface area (Å²) in [5.74, 6) is -1.20. The quantitative estimate of drug-likeness (QED) is 0.289. The van der Waals surface area contributed by atoms with E-state index in [9.17, 15) is 14.7 Å². The highest BCUT2D eigenvalue weighted by Gasteiger charge is 2.40. The van der Waals surface area contributed by atoms with Crippen molar-refractivity contribution in [1.29, 1.82) is 0 Å². The molecule has 0 bridgehead atoms. The molecule has 1 amide bonds. The van der Waals surface area contributed by atoms with Gasteiger partial charge in [-0.15, -0.1) is 11.3 Å². The molecule has 0 aliphatic heterocycles. The van der Waals surface area contributed by atoms with Crippen LogP contribution in [0.2, 0.25) is 0 Å². The van der Waals surface area contributed by atoms with Crippen molar-refractivity contribution in [3.05, 3.63) is 87.8 Å². The fourth-order valence-electron chi connectivity index (χ4n) is 3.39. The average Bonchev–Trinajstić information content (AvgIpc) is 3.11. The highest BCUT2D eigenvalue weighted by atomic mass is 32.1. The van der Waals surface area contributed by atoms with Crippen molar-refractivity contribution < 1.29 is 19.4 Å². The molecule has 0 saturated carbocycles. The fraction of sp³-hybridized carbons (Fsp3) is 0.208. The Bertz CT molecular complexity index is 1100. The smallest absolute Gasteiger partial charge is 0.341 e. The van der Waals surface area contributed by atoms with E-state index in [0.29, 0.717) is 37.8 Å². The first-order chi connectivity index (χ1) is 15.3. The van der Waals surface area contributed by atoms with Crippen LogP contribution in [0.15, 0.2) is 65.8 Å². The van der Waals surface area contributed by atoms with Crippen molar-refractivity contribution in [2.45, 2.75) is 26.4 Å². The van der Waals surface area contributed by atoms with Crippen LogP contribution in [0, 0.1) is 6.92 Å². The number of esters is 1. The van der Waals surface area contributed by atoms with E-state index in [0.717, 1.165) is 0 Å². The highest BCUT2D eigenvalue weighted by molar-refractivity contribution is 7.18. The Balaban J connectivity index is 1.93. The molecule has 0 unspecified atom stereocenters. The summed E-state index contributed by atoms with van der Waals surface area (Å²) >= 11 is 1.19. The topological polar surface area (TPSA) is 114 Å². The molecule has 32 heavy (non-hydrogen) atoms. The lowest BCUT2D eigenvalue weighted by Crippen LogP contribution is -2.43. The number of hydrogen-bond acceptors (Lipinski definition) is 7. The number of hydrazone groups is 1. The summed E-state index contributed by atoms with van der Waals surface area (Å²) in [6.07, 6.45) is 0. The lowest BCUT2D eigenvalue weighted by atomic mass is 9.85. The molecule has 166 valence electrons. The van der Waals surface area contributed by atoms with Gasteiger partial charge in [0.25, 0.3) is 5.91 Å². The Kier molecular flexibility index (Phi) is 7.07. The van der Waals surface area contributed by atoms with Gasteiger partial charge in [-0.2, -0.15) is 5.10 Å². The lowest BCUT2D eigenvalue weighted by Gasteiger charge is -2.27. The van der Waals surface area contributed by atoms with E-state index in [1.165, 1.54) is 11.3 Å². The SMILES string of the molecule is CCOC(=O)c1c(N)sc(C(C)=NNC(=O)C(O)(c2ccccc2)c2ccccc2)c1C. The third-order valence-electron chi connectivity index (χ3n) is 5.02. The summed E-state index contributed by atoms with van der Waals surface area (Å²) in [7, 11) is 0. The third-order valence-corrected chi connectivity index (χ3v) is 6.25. The number of hydrogen-bond donors (Lipinski definition) is 3. The number of nitrogen functional groups attached to an aromatic ring is 1. The molecule has 0 fully saturated rings. The predicted octanol–water partition coefficient (Wildman–Crippen LogP) is 3.59. The summed E-state index contributed by atoms with van der Waals surface area (Å²) in [5.41, 5.74) is 8.77. The van der Waals surface area contributed by atoms with E-state index in [1.54, 1.807) is 81.4 Å². The van der Waals surface area contributed by atoms with Gasteiger partial charge in [-0.05, 0) is 37.5 Å². The molecule has 4 N–H and O–H groups in total. The van der Waals surface area contributed by atoms with Crippen LogP contribution in [0.1, 0.15) is 45.8 Å². The van der Waals surface area contributed by atoms with Gasteiger partial charge in [0.15, 0.2) is 5.60 Å². The van der Waals surface area contributed by atoms with Gasteiger partial charge >= 0.3 is 5.97 Å². The first-order valence-corrected chi connectivity index (χ1v) is 10.9. The summed E-state index contributed by atoms with van der Waals surface area (Å²) in [6.45, 7) is 5.40. The van der Waals surface area contributed by atoms with Gasteiger partial charge in [0, 0.05) is 0 Å². The van der Waals surface area contributed by atoms with Gasteiger partial charge in [0.2, 0.25) is 0 Å². The van der Waals surface area contributed by atoms with Crippen LogP contribution in [-0.2, 0) is 15.1 Å². The number of ether oxygens (including phenoxy) is 1. The summed E-state index contributed by atoms with van der Waals surface area (Å²) < 4.78 is 5.07. The minimum absolute atomic E-state index is 0.240. The highest BCUT2D eigenvalue weighted by Crippen LogP contribution is 2.32. The van der Waals surface area contributed by atoms with E-state index in [4.69, 9.17) is 10.5 Å². The molecule has 0 aliphatic rings. The number of carbonyl (C=O) groups is 2. The molecule has 1 heterocycles. The van der Waals surface area contributed by atoms with Crippen molar-refractivity contribution >= 4 is 33.9 Å². The monoisotopic (exact) mass is 451 g/mol. The molecular formula is C24H25N3O4S. The van der Waals surface area contributed by atoms with Crippen molar-refractivity contribution in [2.75, 3.05) is 12.3 Å². The molecule has 0 spiro atoms. The minimum Gasteiger partial charge on any atom is -0.462 e. The maximum absolute atomic E-state index is 13.2. The van der Waals surface area contributed by atoms with Gasteiger partial charge in [-0.1, -0.05) is 60.7 Å². The van der Waals surface area contributed by atoms with Crippen LogP contribution in [0.3, 0.4) is 0 Å². The molecular weight excluding hydrogens is 426 g/mol. The number of aliphatic hydroxyl groups is 1. The number of anilines is 1. The van der Waals surface area contributed by atoms with Crippen molar-refractivity contribution in [2.24, 2.45) is 5.10 Å². The Morgan fingerprint density at radius 3 is 2.12 bits per heavy atom. The van der Waals surface area contributed by atoms with Crippen molar-refractivity contribution in [3.8, 4) is 0 Å². The summed E-state index contributed by atoms with van der Waals surface area (Å²) in [5, 5.41) is 16.0. The Morgan fingerprint density at radius 2 is 1.62 bits per heavy atom. The number of amides is 1. The van der Waals surface area contributed by atoms with Crippen LogP contribution in [0.4, 0.5) is 5.00 Å². The second-order valence-corrected chi connectivity index (χ2v) is 8.15. The first kappa shape index (κ1) is 23.2. The van der Waals surface area contributed by atoms with Crippen LogP contribution < -0.4 is 11.2 Å². The van der Waals surface area contributed by atoms with E-state index < -0.39 is 17.5 Å². The van der Waals surface area contributed by atoms with Gasteiger partial charge < -0.3 is 15.6 Å².